The molecule has 0 saturated carbocycles. The molecule has 2 rings (SSSR count). The average molecular weight is 352 g/mol. The first-order chi connectivity index (χ1) is 9.97. The minimum absolute atomic E-state index is 0.0593. The summed E-state index contributed by atoms with van der Waals surface area (Å²) in [7, 11) is 3.55. The standard InChI is InChI=1S/C17H19BrFNO/c1-10-7-13(8-11(2)17(10)21-4)16(20-3)12-5-6-14(18)15(19)9-12/h5-9,16,20H,1-4H3. The second-order valence-corrected chi connectivity index (χ2v) is 5.94. The Hall–Kier alpha value is -1.39. The highest BCUT2D eigenvalue weighted by molar-refractivity contribution is 9.10. The zero-order valence-electron chi connectivity index (χ0n) is 12.6. The van der Waals surface area contributed by atoms with Crippen LogP contribution in [0.3, 0.4) is 0 Å². The van der Waals surface area contributed by atoms with Crippen LogP contribution in [0.1, 0.15) is 28.3 Å². The number of ether oxygens (including phenoxy) is 1. The number of aryl methyl sites for hydroxylation is 2. The molecule has 1 unspecified atom stereocenters. The summed E-state index contributed by atoms with van der Waals surface area (Å²) >= 11 is 3.19. The third kappa shape index (κ3) is 3.27. The number of methoxy groups -OCH3 is 1. The molecular weight excluding hydrogens is 333 g/mol. The summed E-state index contributed by atoms with van der Waals surface area (Å²) in [6.45, 7) is 4.04. The molecule has 2 aromatic rings. The third-order valence-electron chi connectivity index (χ3n) is 3.59. The van der Waals surface area contributed by atoms with Gasteiger partial charge in [-0.2, -0.15) is 0 Å². The van der Waals surface area contributed by atoms with Gasteiger partial charge in [0.15, 0.2) is 0 Å². The second kappa shape index (κ2) is 6.58. The quantitative estimate of drug-likeness (QED) is 0.873. The van der Waals surface area contributed by atoms with Crippen molar-refractivity contribution in [3.05, 3.63) is 62.9 Å². The van der Waals surface area contributed by atoms with Gasteiger partial charge in [0.1, 0.15) is 11.6 Å². The number of nitrogens with one attached hydrogen (secondary N) is 1. The first-order valence-corrected chi connectivity index (χ1v) is 7.54. The number of benzene rings is 2. The van der Waals surface area contributed by atoms with Gasteiger partial charge in [-0.3, -0.25) is 0 Å². The molecule has 0 aromatic heterocycles. The molecule has 2 nitrogen and oxygen atoms in total. The van der Waals surface area contributed by atoms with Gasteiger partial charge in [-0.05, 0) is 71.2 Å². The van der Waals surface area contributed by atoms with Crippen LogP contribution in [-0.2, 0) is 0 Å². The predicted molar refractivity (Wildman–Crippen MR) is 87.5 cm³/mol. The monoisotopic (exact) mass is 351 g/mol. The van der Waals surface area contributed by atoms with E-state index in [2.05, 4.69) is 33.4 Å². The van der Waals surface area contributed by atoms with Crippen molar-refractivity contribution < 1.29 is 9.13 Å². The van der Waals surface area contributed by atoms with E-state index in [1.807, 2.05) is 27.0 Å². The van der Waals surface area contributed by atoms with E-state index in [0.29, 0.717) is 4.47 Å². The van der Waals surface area contributed by atoms with E-state index in [4.69, 9.17) is 4.74 Å². The van der Waals surface area contributed by atoms with E-state index in [0.717, 1.165) is 28.0 Å². The van der Waals surface area contributed by atoms with Gasteiger partial charge in [-0.25, -0.2) is 4.39 Å². The molecule has 21 heavy (non-hydrogen) atoms. The summed E-state index contributed by atoms with van der Waals surface area (Å²) in [5.41, 5.74) is 4.13. The fourth-order valence-corrected chi connectivity index (χ4v) is 2.94. The lowest BCUT2D eigenvalue weighted by Gasteiger charge is -2.20. The van der Waals surface area contributed by atoms with E-state index in [9.17, 15) is 4.39 Å². The smallest absolute Gasteiger partial charge is 0.137 e. The summed E-state index contributed by atoms with van der Waals surface area (Å²) in [4.78, 5) is 0. The maximum atomic E-state index is 13.8. The van der Waals surface area contributed by atoms with Crippen LogP contribution in [0.4, 0.5) is 4.39 Å². The highest BCUT2D eigenvalue weighted by Gasteiger charge is 2.16. The Kier molecular flexibility index (Phi) is 5.01. The molecule has 0 fully saturated rings. The van der Waals surface area contributed by atoms with Crippen LogP contribution in [-0.4, -0.2) is 14.2 Å². The molecule has 2 aromatic carbocycles. The minimum atomic E-state index is -0.255. The molecule has 0 aliphatic carbocycles. The molecule has 0 radical (unpaired) electrons. The summed E-state index contributed by atoms with van der Waals surface area (Å²) < 4.78 is 19.6. The molecule has 4 heteroatoms. The predicted octanol–water partition coefficient (Wildman–Crippen LogP) is 4.52. The van der Waals surface area contributed by atoms with E-state index in [1.54, 1.807) is 19.2 Å². The van der Waals surface area contributed by atoms with Crippen molar-refractivity contribution >= 4 is 15.9 Å². The van der Waals surface area contributed by atoms with Crippen molar-refractivity contribution in [2.24, 2.45) is 0 Å². The summed E-state index contributed by atoms with van der Waals surface area (Å²) in [5, 5.41) is 3.25. The molecule has 1 N–H and O–H groups in total. The maximum Gasteiger partial charge on any atom is 0.137 e. The Morgan fingerprint density at radius 1 is 1.10 bits per heavy atom. The van der Waals surface area contributed by atoms with Gasteiger partial charge < -0.3 is 10.1 Å². The van der Waals surface area contributed by atoms with Gasteiger partial charge in [0.25, 0.3) is 0 Å². The molecule has 0 spiro atoms. The van der Waals surface area contributed by atoms with Gasteiger partial charge in [-0.1, -0.05) is 18.2 Å². The van der Waals surface area contributed by atoms with E-state index < -0.39 is 0 Å². The lowest BCUT2D eigenvalue weighted by molar-refractivity contribution is 0.408. The van der Waals surface area contributed by atoms with Gasteiger partial charge in [0.05, 0.1) is 17.6 Å². The molecule has 0 aliphatic heterocycles. The highest BCUT2D eigenvalue weighted by Crippen LogP contribution is 2.31. The van der Waals surface area contributed by atoms with Crippen molar-refractivity contribution in [1.29, 1.82) is 0 Å². The number of hydrogen-bond acceptors (Lipinski definition) is 2. The van der Waals surface area contributed by atoms with Crippen LogP contribution in [0.2, 0.25) is 0 Å². The van der Waals surface area contributed by atoms with Crippen molar-refractivity contribution in [2.75, 3.05) is 14.2 Å². The Balaban J connectivity index is 2.48. The van der Waals surface area contributed by atoms with Crippen LogP contribution in [0.25, 0.3) is 0 Å². The van der Waals surface area contributed by atoms with Crippen LogP contribution in [0.15, 0.2) is 34.8 Å². The largest absolute Gasteiger partial charge is 0.496 e. The zero-order valence-corrected chi connectivity index (χ0v) is 14.2. The Labute approximate surface area is 133 Å². The SMILES string of the molecule is CNC(c1cc(C)c(OC)c(C)c1)c1ccc(Br)c(F)c1. The fraction of sp³-hybridized carbons (Fsp3) is 0.294. The maximum absolute atomic E-state index is 13.8. The molecule has 1 atom stereocenters. The molecular formula is C17H19BrFNO. The van der Waals surface area contributed by atoms with Crippen molar-refractivity contribution in [1.82, 2.24) is 5.32 Å². The van der Waals surface area contributed by atoms with Crippen molar-refractivity contribution in [3.8, 4) is 5.75 Å². The zero-order chi connectivity index (χ0) is 15.6. The van der Waals surface area contributed by atoms with E-state index in [1.165, 1.54) is 0 Å². The first-order valence-electron chi connectivity index (χ1n) is 6.75. The van der Waals surface area contributed by atoms with E-state index >= 15 is 0 Å². The molecule has 0 aliphatic rings. The van der Waals surface area contributed by atoms with Gasteiger partial charge >= 0.3 is 0 Å². The molecule has 0 saturated heterocycles. The van der Waals surface area contributed by atoms with Gasteiger partial charge in [0.2, 0.25) is 0 Å². The van der Waals surface area contributed by atoms with Crippen LogP contribution in [0.5, 0.6) is 5.75 Å². The van der Waals surface area contributed by atoms with Crippen molar-refractivity contribution in [2.45, 2.75) is 19.9 Å². The van der Waals surface area contributed by atoms with Crippen LogP contribution >= 0.6 is 15.9 Å². The topological polar surface area (TPSA) is 21.3 Å². The molecule has 0 heterocycles. The van der Waals surface area contributed by atoms with Gasteiger partial charge in [0, 0.05) is 0 Å². The second-order valence-electron chi connectivity index (χ2n) is 5.08. The summed E-state index contributed by atoms with van der Waals surface area (Å²) in [5.74, 6) is 0.644. The van der Waals surface area contributed by atoms with E-state index in [-0.39, 0.29) is 11.9 Å². The minimum Gasteiger partial charge on any atom is -0.496 e. The normalized spacial score (nSPS) is 12.3. The number of hydrogen-bond donors (Lipinski definition) is 1. The molecule has 0 amide bonds. The Bertz CT molecular complexity index is 634. The van der Waals surface area contributed by atoms with Crippen molar-refractivity contribution in [3.63, 3.8) is 0 Å². The van der Waals surface area contributed by atoms with Crippen LogP contribution in [0, 0.1) is 19.7 Å². The lowest BCUT2D eigenvalue weighted by atomic mass is 9.95. The van der Waals surface area contributed by atoms with Crippen LogP contribution < -0.4 is 10.1 Å². The highest BCUT2D eigenvalue weighted by atomic mass is 79.9. The molecule has 112 valence electrons. The fourth-order valence-electron chi connectivity index (χ4n) is 2.69. The average Bonchev–Trinajstić information content (AvgIpc) is 2.43. The summed E-state index contributed by atoms with van der Waals surface area (Å²) in [6, 6.07) is 9.30. The number of halogens is 2. The Morgan fingerprint density at radius 3 is 2.19 bits per heavy atom. The molecule has 0 bridgehead atoms. The third-order valence-corrected chi connectivity index (χ3v) is 4.23. The summed E-state index contributed by atoms with van der Waals surface area (Å²) in [6.07, 6.45) is 0. The van der Waals surface area contributed by atoms with Gasteiger partial charge in [-0.15, -0.1) is 0 Å². The number of rotatable bonds is 4. The Morgan fingerprint density at radius 2 is 1.71 bits per heavy atom. The lowest BCUT2D eigenvalue weighted by Crippen LogP contribution is -2.18. The first kappa shape index (κ1) is 16.0.